The molecule has 1 amide bonds. The maximum Gasteiger partial charge on any atom is 0.387 e. The van der Waals surface area contributed by atoms with Gasteiger partial charge in [-0.05, 0) is 42.3 Å². The van der Waals surface area contributed by atoms with Crippen molar-refractivity contribution in [2.75, 3.05) is 5.32 Å². The molecule has 0 fully saturated rings. The molecule has 3 aromatic rings. The van der Waals surface area contributed by atoms with Crippen LogP contribution in [0.5, 0.6) is 5.75 Å². The van der Waals surface area contributed by atoms with Gasteiger partial charge in [0.2, 0.25) is 0 Å². The Bertz CT molecular complexity index is 1040. The van der Waals surface area contributed by atoms with Crippen LogP contribution in [0, 0.1) is 6.92 Å². The fourth-order valence-corrected chi connectivity index (χ4v) is 2.70. The summed E-state index contributed by atoms with van der Waals surface area (Å²) in [5.41, 5.74) is 1.08. The highest BCUT2D eigenvalue weighted by atomic mass is 19.3. The van der Waals surface area contributed by atoms with Gasteiger partial charge in [-0.15, -0.1) is 0 Å². The number of pyridine rings is 2. The summed E-state index contributed by atoms with van der Waals surface area (Å²) in [6.07, 6.45) is 4.88. The summed E-state index contributed by atoms with van der Waals surface area (Å²) in [4.78, 5) is 29.5. The smallest absolute Gasteiger partial charge is 0.387 e. The van der Waals surface area contributed by atoms with Crippen LogP contribution in [-0.2, 0) is 6.54 Å². The van der Waals surface area contributed by atoms with E-state index in [1.165, 1.54) is 28.8 Å². The van der Waals surface area contributed by atoms with Crippen molar-refractivity contribution < 1.29 is 18.3 Å². The van der Waals surface area contributed by atoms with Crippen molar-refractivity contribution in [2.45, 2.75) is 20.1 Å². The topological polar surface area (TPSA) is 73.2 Å². The van der Waals surface area contributed by atoms with Crippen molar-refractivity contribution >= 4 is 11.6 Å². The van der Waals surface area contributed by atoms with Crippen LogP contribution in [0.25, 0.3) is 0 Å². The predicted octanol–water partition coefficient (Wildman–Crippen LogP) is 3.45. The molecule has 8 heteroatoms. The molecule has 0 spiro atoms. The number of nitrogens with one attached hydrogen (secondary N) is 1. The van der Waals surface area contributed by atoms with Gasteiger partial charge in [0.15, 0.2) is 0 Å². The highest BCUT2D eigenvalue weighted by Gasteiger charge is 2.17. The maximum absolute atomic E-state index is 12.8. The zero-order chi connectivity index (χ0) is 20.1. The summed E-state index contributed by atoms with van der Waals surface area (Å²) in [7, 11) is 0. The van der Waals surface area contributed by atoms with Crippen LogP contribution in [0.3, 0.4) is 0 Å². The Morgan fingerprint density at radius 3 is 2.79 bits per heavy atom. The molecular weight excluding hydrogens is 368 g/mol. The first kappa shape index (κ1) is 19.2. The Balaban J connectivity index is 1.85. The van der Waals surface area contributed by atoms with Gasteiger partial charge in [-0.1, -0.05) is 12.1 Å². The van der Waals surface area contributed by atoms with Crippen molar-refractivity contribution in [2.24, 2.45) is 0 Å². The Kier molecular flexibility index (Phi) is 5.78. The molecule has 0 aliphatic heterocycles. The third kappa shape index (κ3) is 4.59. The first-order chi connectivity index (χ1) is 13.4. The van der Waals surface area contributed by atoms with Gasteiger partial charge in [0.05, 0.1) is 6.54 Å². The second-order valence-electron chi connectivity index (χ2n) is 6.03. The summed E-state index contributed by atoms with van der Waals surface area (Å²) >= 11 is 0. The predicted molar refractivity (Wildman–Crippen MR) is 99.8 cm³/mol. The molecular formula is C20H17F2N3O3. The number of amides is 1. The Morgan fingerprint density at radius 1 is 1.25 bits per heavy atom. The summed E-state index contributed by atoms with van der Waals surface area (Å²) in [5, 5.41) is 2.56. The zero-order valence-corrected chi connectivity index (χ0v) is 14.9. The minimum Gasteiger partial charge on any atom is -0.435 e. The van der Waals surface area contributed by atoms with Crippen molar-refractivity contribution in [1.82, 2.24) is 9.55 Å². The molecule has 6 nitrogen and oxygen atoms in total. The molecule has 144 valence electrons. The molecule has 0 aliphatic rings. The Morgan fingerprint density at radius 2 is 2.07 bits per heavy atom. The minimum absolute atomic E-state index is 0.0217. The van der Waals surface area contributed by atoms with E-state index in [0.717, 1.165) is 5.56 Å². The second kappa shape index (κ2) is 8.43. The van der Waals surface area contributed by atoms with E-state index in [1.54, 1.807) is 37.6 Å². The molecule has 0 unspecified atom stereocenters. The quantitative estimate of drug-likeness (QED) is 0.705. The van der Waals surface area contributed by atoms with Crippen molar-refractivity contribution in [3.8, 4) is 5.75 Å². The molecule has 0 aliphatic carbocycles. The zero-order valence-electron chi connectivity index (χ0n) is 14.9. The average Bonchev–Trinajstić information content (AvgIpc) is 2.65. The maximum atomic E-state index is 12.8. The van der Waals surface area contributed by atoms with Crippen LogP contribution in [0.1, 0.15) is 21.5 Å². The second-order valence-corrected chi connectivity index (χ2v) is 6.03. The van der Waals surface area contributed by atoms with Crippen LogP contribution < -0.4 is 15.6 Å². The van der Waals surface area contributed by atoms with Gasteiger partial charge in [0.1, 0.15) is 11.3 Å². The van der Waals surface area contributed by atoms with E-state index in [2.05, 4.69) is 15.0 Å². The molecule has 2 aromatic heterocycles. The standard InChI is InChI=1S/C20H17F2N3O3/c1-13-7-9-25(12-14-4-3-8-23-11-14)19(27)17(13)18(26)24-15-5-2-6-16(10-15)28-20(21)22/h2-11,20H,12H2,1H3,(H,24,26). The number of hydrogen-bond donors (Lipinski definition) is 1. The molecule has 0 radical (unpaired) electrons. The lowest BCUT2D eigenvalue weighted by molar-refractivity contribution is -0.0497. The number of halogens is 2. The molecule has 2 heterocycles. The number of carbonyl (C=O) groups excluding carboxylic acids is 1. The number of nitrogens with zero attached hydrogens (tertiary/aromatic N) is 2. The monoisotopic (exact) mass is 385 g/mol. The number of ether oxygens (including phenoxy) is 1. The molecule has 0 bridgehead atoms. The average molecular weight is 385 g/mol. The number of aromatic nitrogens is 2. The first-order valence-electron chi connectivity index (χ1n) is 8.39. The van der Waals surface area contributed by atoms with Gasteiger partial charge in [-0.3, -0.25) is 14.6 Å². The normalized spacial score (nSPS) is 10.7. The molecule has 1 aromatic carbocycles. The van der Waals surface area contributed by atoms with Gasteiger partial charge in [-0.2, -0.15) is 8.78 Å². The first-order valence-corrected chi connectivity index (χ1v) is 8.39. The molecule has 3 rings (SSSR count). The lowest BCUT2D eigenvalue weighted by atomic mass is 10.1. The molecule has 0 atom stereocenters. The number of anilines is 1. The highest BCUT2D eigenvalue weighted by molar-refractivity contribution is 6.05. The highest BCUT2D eigenvalue weighted by Crippen LogP contribution is 2.20. The SMILES string of the molecule is Cc1ccn(Cc2cccnc2)c(=O)c1C(=O)Nc1cccc(OC(F)F)c1. The van der Waals surface area contributed by atoms with Crippen molar-refractivity contribution in [3.05, 3.63) is 88.1 Å². The van der Waals surface area contributed by atoms with E-state index in [-0.39, 0.29) is 23.5 Å². The number of alkyl halides is 2. The van der Waals surface area contributed by atoms with Crippen LogP contribution in [0.2, 0.25) is 0 Å². The van der Waals surface area contributed by atoms with Gasteiger partial charge >= 0.3 is 6.61 Å². The Hall–Kier alpha value is -3.55. The van der Waals surface area contributed by atoms with E-state index in [0.29, 0.717) is 5.56 Å². The summed E-state index contributed by atoms with van der Waals surface area (Å²) in [6.45, 7) is -1.05. The van der Waals surface area contributed by atoms with E-state index in [1.807, 2.05) is 6.07 Å². The number of benzene rings is 1. The van der Waals surface area contributed by atoms with Gasteiger partial charge in [0, 0.05) is 30.3 Å². The number of carbonyl (C=O) groups is 1. The van der Waals surface area contributed by atoms with Gasteiger partial charge < -0.3 is 14.6 Å². The fourth-order valence-electron chi connectivity index (χ4n) is 2.70. The van der Waals surface area contributed by atoms with Crippen molar-refractivity contribution in [3.63, 3.8) is 0 Å². The molecule has 0 saturated heterocycles. The molecule has 1 N–H and O–H groups in total. The largest absolute Gasteiger partial charge is 0.435 e. The lowest BCUT2D eigenvalue weighted by Gasteiger charge is -2.12. The molecule has 0 saturated carbocycles. The number of rotatable bonds is 6. The minimum atomic E-state index is -2.97. The van der Waals surface area contributed by atoms with Crippen molar-refractivity contribution in [1.29, 1.82) is 0 Å². The van der Waals surface area contributed by atoms with E-state index < -0.39 is 18.1 Å². The molecule has 28 heavy (non-hydrogen) atoms. The van der Waals surface area contributed by atoms with E-state index >= 15 is 0 Å². The third-order valence-electron chi connectivity index (χ3n) is 3.99. The van der Waals surface area contributed by atoms with Gasteiger partial charge in [0.25, 0.3) is 11.5 Å². The summed E-state index contributed by atoms with van der Waals surface area (Å²) < 4.78 is 30.4. The van der Waals surface area contributed by atoms with E-state index in [9.17, 15) is 18.4 Å². The summed E-state index contributed by atoms with van der Waals surface area (Å²) in [5.74, 6) is -0.719. The van der Waals surface area contributed by atoms with Gasteiger partial charge in [-0.25, -0.2) is 0 Å². The van der Waals surface area contributed by atoms with Crippen LogP contribution in [0.15, 0.2) is 65.8 Å². The third-order valence-corrected chi connectivity index (χ3v) is 3.99. The number of hydrogen-bond acceptors (Lipinski definition) is 4. The van der Waals surface area contributed by atoms with Crippen LogP contribution >= 0.6 is 0 Å². The van der Waals surface area contributed by atoms with E-state index in [4.69, 9.17) is 0 Å². The fraction of sp³-hybridized carbons (Fsp3) is 0.150. The van der Waals surface area contributed by atoms with Crippen LogP contribution in [-0.4, -0.2) is 22.1 Å². The summed E-state index contributed by atoms with van der Waals surface area (Å²) in [6, 6.07) is 10.8. The number of aryl methyl sites for hydroxylation is 1. The lowest BCUT2D eigenvalue weighted by Crippen LogP contribution is -2.30. The Labute approximate surface area is 159 Å². The van der Waals surface area contributed by atoms with Crippen LogP contribution in [0.4, 0.5) is 14.5 Å².